The number of carbonyl (C=O) groups excluding carboxylic acids is 2. The largest absolute Gasteiger partial charge is 0.293 e. The van der Waals surface area contributed by atoms with Gasteiger partial charge >= 0.3 is 0 Å². The third-order valence-electron chi connectivity index (χ3n) is 3.09. The van der Waals surface area contributed by atoms with Crippen LogP contribution in [-0.2, 0) is 0 Å². The maximum absolute atomic E-state index is 12.0. The summed E-state index contributed by atoms with van der Waals surface area (Å²) in [6.07, 6.45) is 0. The lowest BCUT2D eigenvalue weighted by Crippen LogP contribution is -2.08. The first-order valence-corrected chi connectivity index (χ1v) is 8.94. The summed E-state index contributed by atoms with van der Waals surface area (Å²) in [5, 5.41) is 17.7. The average molecular weight is 350 g/mol. The number of hydrogen-bond acceptors (Lipinski definition) is 5. The van der Waals surface area contributed by atoms with Gasteiger partial charge in [0, 0.05) is 11.1 Å². The number of hydrogen-bond donors (Lipinski definition) is 0. The van der Waals surface area contributed by atoms with Gasteiger partial charge in [-0.1, -0.05) is 38.1 Å². The highest BCUT2D eigenvalue weighted by Gasteiger charge is 2.10. The summed E-state index contributed by atoms with van der Waals surface area (Å²) in [5.74, 6) is 0.0910. The topological polar surface area (TPSA) is 81.7 Å². The molecule has 0 aliphatic rings. The number of Topliss-reactive ketones (excluding diaryl/α,β-unsaturated/α-hetero) is 2. The SMILES string of the molecule is CC.N#Cc1cccc(C(=O)CSCC(=O)c2cccc(C#N)c2)c1. The fourth-order valence-electron chi connectivity index (χ4n) is 1.93. The van der Waals surface area contributed by atoms with E-state index in [1.54, 1.807) is 48.5 Å². The quantitative estimate of drug-likeness (QED) is 0.727. The lowest BCUT2D eigenvalue weighted by Gasteiger charge is -2.03. The Kier molecular flexibility index (Phi) is 8.71. The molecule has 0 unspecified atom stereocenters. The number of benzene rings is 2. The van der Waals surface area contributed by atoms with Crippen LogP contribution >= 0.6 is 11.8 Å². The van der Waals surface area contributed by atoms with Crippen LogP contribution in [0.15, 0.2) is 48.5 Å². The van der Waals surface area contributed by atoms with Crippen LogP contribution in [0.5, 0.6) is 0 Å². The molecule has 0 heterocycles. The maximum Gasteiger partial charge on any atom is 0.172 e. The van der Waals surface area contributed by atoms with Crippen LogP contribution in [0, 0.1) is 22.7 Å². The van der Waals surface area contributed by atoms with Crippen molar-refractivity contribution in [2.75, 3.05) is 11.5 Å². The molecule has 0 aromatic heterocycles. The molecular weight excluding hydrogens is 332 g/mol. The minimum absolute atomic E-state index is 0.120. The zero-order valence-corrected chi connectivity index (χ0v) is 15.0. The smallest absolute Gasteiger partial charge is 0.172 e. The first kappa shape index (κ1) is 20.2. The summed E-state index contributed by atoms with van der Waals surface area (Å²) < 4.78 is 0. The molecule has 0 N–H and O–H groups in total. The molecule has 5 heteroatoms. The van der Waals surface area contributed by atoms with E-state index >= 15 is 0 Å². The average Bonchev–Trinajstić information content (AvgIpc) is 2.69. The van der Waals surface area contributed by atoms with E-state index in [4.69, 9.17) is 10.5 Å². The Morgan fingerprint density at radius 2 is 1.24 bits per heavy atom. The van der Waals surface area contributed by atoms with Crippen LogP contribution < -0.4 is 0 Å². The Morgan fingerprint density at radius 3 is 1.60 bits per heavy atom. The van der Waals surface area contributed by atoms with Crippen LogP contribution in [0.2, 0.25) is 0 Å². The van der Waals surface area contributed by atoms with Crippen molar-refractivity contribution in [3.05, 3.63) is 70.8 Å². The number of carbonyl (C=O) groups is 2. The van der Waals surface area contributed by atoms with Gasteiger partial charge < -0.3 is 0 Å². The zero-order valence-electron chi connectivity index (χ0n) is 14.2. The summed E-state index contributed by atoms with van der Waals surface area (Å²) in [6, 6.07) is 17.0. The predicted molar refractivity (Wildman–Crippen MR) is 99.6 cm³/mol. The van der Waals surface area contributed by atoms with E-state index in [1.165, 1.54) is 11.8 Å². The second kappa shape index (κ2) is 10.8. The minimum Gasteiger partial charge on any atom is -0.293 e. The molecule has 0 bridgehead atoms. The molecule has 0 fully saturated rings. The normalized spacial score (nSPS) is 9.12. The fraction of sp³-hybridized carbons (Fsp3) is 0.200. The Bertz CT molecular complexity index is 763. The van der Waals surface area contributed by atoms with Gasteiger partial charge in [-0.15, -0.1) is 11.8 Å². The molecule has 0 radical (unpaired) electrons. The third kappa shape index (κ3) is 6.25. The fourth-order valence-corrected chi connectivity index (χ4v) is 2.73. The Hall–Kier alpha value is -2.89. The summed E-state index contributed by atoms with van der Waals surface area (Å²) in [7, 11) is 0. The van der Waals surface area contributed by atoms with E-state index in [0.717, 1.165) is 0 Å². The molecule has 0 saturated carbocycles. The monoisotopic (exact) mass is 350 g/mol. The van der Waals surface area contributed by atoms with Crippen LogP contribution in [0.1, 0.15) is 45.7 Å². The van der Waals surface area contributed by atoms with Crippen molar-refractivity contribution in [2.24, 2.45) is 0 Å². The van der Waals surface area contributed by atoms with E-state index < -0.39 is 0 Å². The molecule has 126 valence electrons. The predicted octanol–water partition coefficient (Wildman–Crippen LogP) is 4.25. The van der Waals surface area contributed by atoms with Crippen molar-refractivity contribution in [1.82, 2.24) is 0 Å². The molecule has 0 amide bonds. The van der Waals surface area contributed by atoms with Gasteiger partial charge in [0.25, 0.3) is 0 Å². The van der Waals surface area contributed by atoms with Gasteiger partial charge in [-0.25, -0.2) is 0 Å². The van der Waals surface area contributed by atoms with E-state index in [9.17, 15) is 9.59 Å². The number of nitrogens with zero attached hydrogens (tertiary/aromatic N) is 2. The number of thioether (sulfide) groups is 1. The van der Waals surface area contributed by atoms with Crippen molar-refractivity contribution in [2.45, 2.75) is 13.8 Å². The number of ketones is 2. The van der Waals surface area contributed by atoms with Gasteiger partial charge in [-0.05, 0) is 24.3 Å². The molecule has 0 atom stereocenters. The Labute approximate surface area is 152 Å². The van der Waals surface area contributed by atoms with Crippen LogP contribution in [-0.4, -0.2) is 23.1 Å². The number of nitriles is 2. The second-order valence-corrected chi connectivity index (χ2v) is 5.71. The molecule has 0 saturated heterocycles. The van der Waals surface area contributed by atoms with Gasteiger partial charge in [-0.2, -0.15) is 10.5 Å². The lowest BCUT2D eigenvalue weighted by atomic mass is 10.1. The molecule has 2 aromatic carbocycles. The van der Waals surface area contributed by atoms with E-state index in [-0.39, 0.29) is 23.1 Å². The van der Waals surface area contributed by atoms with E-state index in [0.29, 0.717) is 22.3 Å². The molecule has 4 nitrogen and oxygen atoms in total. The zero-order chi connectivity index (χ0) is 18.7. The highest BCUT2D eigenvalue weighted by atomic mass is 32.2. The molecule has 0 aliphatic carbocycles. The van der Waals surface area contributed by atoms with Crippen LogP contribution in [0.3, 0.4) is 0 Å². The summed E-state index contributed by atoms with van der Waals surface area (Å²) in [5.41, 5.74) is 1.81. The highest BCUT2D eigenvalue weighted by molar-refractivity contribution is 8.00. The Morgan fingerprint density at radius 1 is 0.840 bits per heavy atom. The molecule has 25 heavy (non-hydrogen) atoms. The molecular formula is C20H18N2O2S. The summed E-state index contributed by atoms with van der Waals surface area (Å²) >= 11 is 1.22. The Balaban J connectivity index is 0.00000151. The van der Waals surface area contributed by atoms with Gasteiger partial charge in [0.05, 0.1) is 34.8 Å². The van der Waals surface area contributed by atoms with Gasteiger partial charge in [-0.3, -0.25) is 9.59 Å². The van der Waals surface area contributed by atoms with Crippen molar-refractivity contribution in [3.8, 4) is 12.1 Å². The summed E-state index contributed by atoms with van der Waals surface area (Å²) in [6.45, 7) is 4.00. The van der Waals surface area contributed by atoms with E-state index in [2.05, 4.69) is 0 Å². The summed E-state index contributed by atoms with van der Waals surface area (Å²) in [4.78, 5) is 24.1. The lowest BCUT2D eigenvalue weighted by molar-refractivity contribution is 0.102. The highest BCUT2D eigenvalue weighted by Crippen LogP contribution is 2.13. The third-order valence-corrected chi connectivity index (χ3v) is 4.03. The maximum atomic E-state index is 12.0. The van der Waals surface area contributed by atoms with Crippen LogP contribution in [0.25, 0.3) is 0 Å². The molecule has 0 spiro atoms. The van der Waals surface area contributed by atoms with Gasteiger partial charge in [0.2, 0.25) is 0 Å². The second-order valence-electron chi connectivity index (χ2n) is 4.72. The van der Waals surface area contributed by atoms with Crippen molar-refractivity contribution >= 4 is 23.3 Å². The minimum atomic E-state index is -0.120. The molecule has 0 aliphatic heterocycles. The van der Waals surface area contributed by atoms with Crippen molar-refractivity contribution in [1.29, 1.82) is 10.5 Å². The van der Waals surface area contributed by atoms with Crippen molar-refractivity contribution in [3.63, 3.8) is 0 Å². The first-order chi connectivity index (χ1) is 12.1. The van der Waals surface area contributed by atoms with Crippen LogP contribution in [0.4, 0.5) is 0 Å². The standard InChI is InChI=1S/C18H12N2O2S.C2H6/c19-9-13-3-1-5-15(7-13)17(21)11-23-12-18(22)16-6-2-4-14(8-16)10-20;1-2/h1-8H,11-12H2;1-2H3. The molecule has 2 rings (SSSR count). The van der Waals surface area contributed by atoms with E-state index in [1.807, 2.05) is 26.0 Å². The van der Waals surface area contributed by atoms with Gasteiger partial charge in [0.1, 0.15) is 0 Å². The number of rotatable bonds is 6. The van der Waals surface area contributed by atoms with Gasteiger partial charge in [0.15, 0.2) is 11.6 Å². The van der Waals surface area contributed by atoms with Crippen molar-refractivity contribution < 1.29 is 9.59 Å². The first-order valence-electron chi connectivity index (χ1n) is 7.78. The molecule has 2 aromatic rings.